The molecule has 1 saturated heterocycles. The molecule has 0 bridgehead atoms. The highest BCUT2D eigenvalue weighted by Gasteiger charge is 2.37. The lowest BCUT2D eigenvalue weighted by Crippen LogP contribution is -2.37. The summed E-state index contributed by atoms with van der Waals surface area (Å²) in [6, 6.07) is 13.6. The van der Waals surface area contributed by atoms with Gasteiger partial charge >= 0.3 is 5.97 Å². The number of amides is 2. The van der Waals surface area contributed by atoms with Crippen molar-refractivity contribution in [2.45, 2.75) is 46.8 Å². The molecule has 6 nitrogen and oxygen atoms in total. The molecule has 0 spiro atoms. The molecule has 1 N–H and O–H groups in total. The predicted octanol–water partition coefficient (Wildman–Crippen LogP) is 3.21. The van der Waals surface area contributed by atoms with E-state index in [1.54, 1.807) is 11.8 Å². The zero-order valence-electron chi connectivity index (χ0n) is 17.9. The Morgan fingerprint density at radius 3 is 2.53 bits per heavy atom. The molecular weight excluding hydrogens is 380 g/mol. The van der Waals surface area contributed by atoms with Gasteiger partial charge in [-0.05, 0) is 50.5 Å². The number of nitrogens with one attached hydrogen (secondary N) is 1. The van der Waals surface area contributed by atoms with Crippen molar-refractivity contribution in [2.24, 2.45) is 5.92 Å². The zero-order valence-corrected chi connectivity index (χ0v) is 17.9. The number of hydrogen-bond donors (Lipinski definition) is 1. The number of esters is 1. The fraction of sp³-hybridized carbons (Fsp3) is 0.375. The van der Waals surface area contributed by atoms with Crippen LogP contribution in [0.5, 0.6) is 0 Å². The Kier molecular flexibility index (Phi) is 6.55. The lowest BCUT2D eigenvalue weighted by molar-refractivity contribution is -0.158. The van der Waals surface area contributed by atoms with Crippen molar-refractivity contribution < 1.29 is 19.1 Å². The molecule has 0 unspecified atom stereocenters. The van der Waals surface area contributed by atoms with Crippen LogP contribution in [0.3, 0.4) is 0 Å². The second-order valence-corrected chi connectivity index (χ2v) is 7.91. The summed E-state index contributed by atoms with van der Waals surface area (Å²) in [5.74, 6) is -1.57. The predicted molar refractivity (Wildman–Crippen MR) is 115 cm³/mol. The van der Waals surface area contributed by atoms with Crippen LogP contribution in [-0.4, -0.2) is 30.4 Å². The Hall–Kier alpha value is -3.15. The Labute approximate surface area is 177 Å². The highest BCUT2D eigenvalue weighted by molar-refractivity contribution is 6.00. The van der Waals surface area contributed by atoms with Crippen LogP contribution in [0.25, 0.3) is 0 Å². The van der Waals surface area contributed by atoms with Gasteiger partial charge in [-0.2, -0.15) is 0 Å². The summed E-state index contributed by atoms with van der Waals surface area (Å²) in [5.41, 5.74) is 5.04. The van der Waals surface area contributed by atoms with Gasteiger partial charge < -0.3 is 15.0 Å². The largest absolute Gasteiger partial charge is 0.452 e. The maximum Gasteiger partial charge on any atom is 0.312 e. The van der Waals surface area contributed by atoms with Crippen molar-refractivity contribution in [3.8, 4) is 0 Å². The van der Waals surface area contributed by atoms with Crippen molar-refractivity contribution >= 4 is 23.5 Å². The summed E-state index contributed by atoms with van der Waals surface area (Å²) in [6.45, 7) is 8.12. The molecule has 2 aromatic rings. The molecule has 0 aliphatic carbocycles. The summed E-state index contributed by atoms with van der Waals surface area (Å²) in [5, 5.41) is 2.78. The minimum Gasteiger partial charge on any atom is -0.452 e. The number of ether oxygens (including phenoxy) is 1. The van der Waals surface area contributed by atoms with Crippen molar-refractivity contribution in [3.63, 3.8) is 0 Å². The van der Waals surface area contributed by atoms with Crippen LogP contribution in [-0.2, 0) is 25.7 Å². The summed E-state index contributed by atoms with van der Waals surface area (Å²) >= 11 is 0. The van der Waals surface area contributed by atoms with Gasteiger partial charge in [-0.25, -0.2) is 0 Å². The van der Waals surface area contributed by atoms with Crippen LogP contribution >= 0.6 is 0 Å². The molecule has 1 aliphatic heterocycles. The smallest absolute Gasteiger partial charge is 0.312 e. The summed E-state index contributed by atoms with van der Waals surface area (Å²) in [4.78, 5) is 39.0. The van der Waals surface area contributed by atoms with Gasteiger partial charge in [0.05, 0.1) is 5.92 Å². The van der Waals surface area contributed by atoms with Gasteiger partial charge in [0, 0.05) is 25.2 Å². The molecule has 1 aliphatic rings. The van der Waals surface area contributed by atoms with Crippen molar-refractivity contribution in [1.82, 2.24) is 5.32 Å². The Morgan fingerprint density at radius 1 is 1.13 bits per heavy atom. The van der Waals surface area contributed by atoms with E-state index in [-0.39, 0.29) is 24.8 Å². The van der Waals surface area contributed by atoms with E-state index in [0.29, 0.717) is 6.54 Å². The Bertz CT molecular complexity index is 952. The normalized spacial score (nSPS) is 17.0. The van der Waals surface area contributed by atoms with E-state index in [2.05, 4.69) is 5.32 Å². The molecule has 158 valence electrons. The molecule has 30 heavy (non-hydrogen) atoms. The minimum atomic E-state index is -0.923. The van der Waals surface area contributed by atoms with Gasteiger partial charge in [0.15, 0.2) is 6.10 Å². The number of hydrogen-bond acceptors (Lipinski definition) is 4. The molecule has 2 atom stereocenters. The van der Waals surface area contributed by atoms with Crippen LogP contribution in [0, 0.1) is 26.7 Å². The first kappa shape index (κ1) is 21.6. The zero-order chi connectivity index (χ0) is 21.8. The molecule has 0 aromatic heterocycles. The van der Waals surface area contributed by atoms with Gasteiger partial charge in [0.1, 0.15) is 0 Å². The highest BCUT2D eigenvalue weighted by Crippen LogP contribution is 2.30. The van der Waals surface area contributed by atoms with Crippen molar-refractivity contribution in [3.05, 3.63) is 64.7 Å². The van der Waals surface area contributed by atoms with Gasteiger partial charge in [-0.3, -0.25) is 14.4 Å². The molecule has 2 amide bonds. The number of aryl methyl sites for hydroxylation is 2. The molecule has 1 fully saturated rings. The van der Waals surface area contributed by atoms with Crippen LogP contribution in [0.15, 0.2) is 42.5 Å². The topological polar surface area (TPSA) is 75.7 Å². The van der Waals surface area contributed by atoms with Crippen LogP contribution in [0.2, 0.25) is 0 Å². The van der Waals surface area contributed by atoms with Gasteiger partial charge in [-0.1, -0.05) is 42.0 Å². The Balaban J connectivity index is 1.55. The van der Waals surface area contributed by atoms with E-state index in [9.17, 15) is 14.4 Å². The van der Waals surface area contributed by atoms with E-state index in [1.807, 2.05) is 63.2 Å². The third-order valence-corrected chi connectivity index (χ3v) is 5.57. The van der Waals surface area contributed by atoms with Gasteiger partial charge in [0.25, 0.3) is 5.91 Å². The van der Waals surface area contributed by atoms with Crippen molar-refractivity contribution in [1.29, 1.82) is 0 Å². The molecular formula is C24H28N2O4. The van der Waals surface area contributed by atoms with E-state index in [0.717, 1.165) is 27.9 Å². The number of rotatable bonds is 6. The number of carbonyl (C=O) groups is 3. The molecule has 0 radical (unpaired) electrons. The molecule has 1 heterocycles. The standard InChI is InChI=1S/C24H28N2O4/c1-15-8-10-19(11-9-15)13-25-23(28)18(4)30-24(29)20-12-22(27)26(14-20)21-7-5-6-16(2)17(21)3/h5-11,18,20H,12-14H2,1-4H3,(H,25,28)/t18-,20+/m0/s1. The first-order valence-corrected chi connectivity index (χ1v) is 10.2. The fourth-order valence-corrected chi connectivity index (χ4v) is 3.49. The molecule has 6 heteroatoms. The van der Waals surface area contributed by atoms with E-state index in [4.69, 9.17) is 4.74 Å². The number of benzene rings is 2. The molecule has 3 rings (SSSR count). The average molecular weight is 408 g/mol. The van der Waals surface area contributed by atoms with Crippen LogP contribution in [0.1, 0.15) is 35.6 Å². The van der Waals surface area contributed by atoms with Gasteiger partial charge in [-0.15, -0.1) is 0 Å². The molecule has 0 saturated carbocycles. The number of anilines is 1. The maximum atomic E-state index is 12.6. The SMILES string of the molecule is Cc1ccc(CNC(=O)[C@H](C)OC(=O)[C@@H]2CC(=O)N(c3cccc(C)c3C)C2)cc1. The average Bonchev–Trinajstić information content (AvgIpc) is 3.11. The quantitative estimate of drug-likeness (QED) is 0.745. The second kappa shape index (κ2) is 9.11. The van der Waals surface area contributed by atoms with Crippen molar-refractivity contribution in [2.75, 3.05) is 11.4 Å². The summed E-state index contributed by atoms with van der Waals surface area (Å²) < 4.78 is 5.36. The number of nitrogens with zero attached hydrogens (tertiary/aromatic N) is 1. The second-order valence-electron chi connectivity index (χ2n) is 7.91. The molecule has 2 aromatic carbocycles. The Morgan fingerprint density at radius 2 is 1.83 bits per heavy atom. The number of carbonyl (C=O) groups excluding carboxylic acids is 3. The van der Waals surface area contributed by atoms with E-state index in [1.165, 1.54) is 0 Å². The van der Waals surface area contributed by atoms with Crippen LogP contribution in [0.4, 0.5) is 5.69 Å². The van der Waals surface area contributed by atoms with Crippen LogP contribution < -0.4 is 10.2 Å². The van der Waals surface area contributed by atoms with Gasteiger partial charge in [0.2, 0.25) is 5.91 Å². The first-order chi connectivity index (χ1) is 14.3. The highest BCUT2D eigenvalue weighted by atomic mass is 16.5. The lowest BCUT2D eigenvalue weighted by Gasteiger charge is -2.20. The third-order valence-electron chi connectivity index (χ3n) is 5.57. The minimum absolute atomic E-state index is 0.0872. The van der Waals surface area contributed by atoms with E-state index < -0.39 is 18.0 Å². The lowest BCUT2D eigenvalue weighted by atomic mass is 10.1. The third kappa shape index (κ3) is 4.87. The van der Waals surface area contributed by atoms with E-state index >= 15 is 0 Å². The summed E-state index contributed by atoms with van der Waals surface area (Å²) in [7, 11) is 0. The first-order valence-electron chi connectivity index (χ1n) is 10.2. The fourth-order valence-electron chi connectivity index (χ4n) is 3.49. The summed E-state index contributed by atoms with van der Waals surface area (Å²) in [6.07, 6.45) is -0.836. The maximum absolute atomic E-state index is 12.6. The monoisotopic (exact) mass is 408 g/mol.